The van der Waals surface area contributed by atoms with Gasteiger partial charge in [-0.3, -0.25) is 20.4 Å². The molecule has 208 valence electrons. The zero-order valence-electron chi connectivity index (χ0n) is 22.4. The maximum atomic E-state index is 14.1. The number of amidine groups is 1. The minimum absolute atomic E-state index is 0.0273. The average Bonchev–Trinajstić information content (AvgIpc) is 3.21. The largest absolute Gasteiger partial charge is 0.416 e. The van der Waals surface area contributed by atoms with E-state index in [9.17, 15) is 22.8 Å². The molecule has 0 unspecified atom stereocenters. The van der Waals surface area contributed by atoms with E-state index in [2.05, 4.69) is 5.32 Å². The number of rotatable bonds is 8. The standard InChI is InChI=1S/C28H33F3N6O2/c1-17(38)36(4)24(25(33)35(3)16-32)19-7-5-8-20(13-19)37-15-22-21(26(37)39)11-18(12-23(22)28(29,30)31)14-34-27(2)9-6-10-27/h5,7-8,11-13,16,24,32-34H,6,9-10,14-15H2,1-4H3/t24-/m1/s1. The molecule has 11 heteroatoms. The highest BCUT2D eigenvalue weighted by Gasteiger charge is 2.41. The lowest BCUT2D eigenvalue weighted by Gasteiger charge is -2.39. The van der Waals surface area contributed by atoms with Gasteiger partial charge >= 0.3 is 6.18 Å². The van der Waals surface area contributed by atoms with Crippen LogP contribution < -0.4 is 10.2 Å². The van der Waals surface area contributed by atoms with Gasteiger partial charge in [0, 0.05) is 44.4 Å². The van der Waals surface area contributed by atoms with Crippen LogP contribution in [-0.4, -0.2) is 53.4 Å². The Kier molecular flexibility index (Phi) is 7.57. The zero-order chi connectivity index (χ0) is 28.7. The molecule has 0 radical (unpaired) electrons. The van der Waals surface area contributed by atoms with Crippen LogP contribution in [0.15, 0.2) is 36.4 Å². The number of likely N-dealkylation sites (N-methyl/N-ethyl adjacent to an activating group) is 2. The number of fused-ring (bicyclic) bond motifs is 1. The average molecular weight is 543 g/mol. The van der Waals surface area contributed by atoms with E-state index >= 15 is 0 Å². The third-order valence-electron chi connectivity index (χ3n) is 7.80. The lowest BCUT2D eigenvalue weighted by Crippen LogP contribution is -2.47. The van der Waals surface area contributed by atoms with Crippen LogP contribution in [0.5, 0.6) is 0 Å². The fourth-order valence-corrected chi connectivity index (χ4v) is 5.10. The van der Waals surface area contributed by atoms with Gasteiger partial charge in [0.25, 0.3) is 5.91 Å². The molecule has 2 aromatic carbocycles. The number of anilines is 1. The van der Waals surface area contributed by atoms with Gasteiger partial charge in [-0.15, -0.1) is 0 Å². The molecule has 1 aliphatic carbocycles. The normalized spacial score (nSPS) is 16.8. The monoisotopic (exact) mass is 542 g/mol. The van der Waals surface area contributed by atoms with Crippen molar-refractivity contribution < 1.29 is 22.8 Å². The Morgan fingerprint density at radius 3 is 2.49 bits per heavy atom. The number of hydrogen-bond acceptors (Lipinski definition) is 5. The molecule has 4 rings (SSSR count). The molecule has 2 aliphatic rings. The van der Waals surface area contributed by atoms with E-state index in [1.807, 2.05) is 6.92 Å². The van der Waals surface area contributed by atoms with Gasteiger partial charge in [-0.1, -0.05) is 12.1 Å². The number of carbonyl (C=O) groups is 2. The van der Waals surface area contributed by atoms with Crippen molar-refractivity contribution in [2.45, 2.75) is 64.0 Å². The summed E-state index contributed by atoms with van der Waals surface area (Å²) >= 11 is 0. The second-order valence-corrected chi connectivity index (χ2v) is 10.6. The summed E-state index contributed by atoms with van der Waals surface area (Å²) < 4.78 is 42.4. The maximum absolute atomic E-state index is 14.1. The number of alkyl halides is 3. The highest BCUT2D eigenvalue weighted by Crippen LogP contribution is 2.40. The summed E-state index contributed by atoms with van der Waals surface area (Å²) in [6.07, 6.45) is -0.682. The molecular formula is C28H33F3N6O2. The first kappa shape index (κ1) is 28.3. The molecule has 0 spiro atoms. The third-order valence-corrected chi connectivity index (χ3v) is 7.80. The van der Waals surface area contributed by atoms with Crippen molar-refractivity contribution >= 4 is 29.7 Å². The number of amides is 2. The highest BCUT2D eigenvalue weighted by molar-refractivity contribution is 6.10. The molecular weight excluding hydrogens is 509 g/mol. The van der Waals surface area contributed by atoms with E-state index in [1.54, 1.807) is 30.3 Å². The molecule has 1 fully saturated rings. The second kappa shape index (κ2) is 10.4. The summed E-state index contributed by atoms with van der Waals surface area (Å²) in [5, 5.41) is 19.4. The van der Waals surface area contributed by atoms with Crippen molar-refractivity contribution in [1.82, 2.24) is 15.1 Å². The van der Waals surface area contributed by atoms with Gasteiger partial charge in [0.05, 0.1) is 18.4 Å². The summed E-state index contributed by atoms with van der Waals surface area (Å²) in [7, 11) is 3.04. The smallest absolute Gasteiger partial charge is 0.332 e. The first-order chi connectivity index (χ1) is 18.3. The third kappa shape index (κ3) is 5.54. The van der Waals surface area contributed by atoms with Gasteiger partial charge in [-0.25, -0.2) is 0 Å². The first-order valence-corrected chi connectivity index (χ1v) is 12.7. The Bertz CT molecular complexity index is 1320. The van der Waals surface area contributed by atoms with Gasteiger partial charge in [0.2, 0.25) is 5.91 Å². The van der Waals surface area contributed by atoms with Crippen LogP contribution in [0.1, 0.15) is 71.8 Å². The van der Waals surface area contributed by atoms with E-state index < -0.39 is 23.7 Å². The van der Waals surface area contributed by atoms with Crippen molar-refractivity contribution in [3.63, 3.8) is 0 Å². The van der Waals surface area contributed by atoms with Gasteiger partial charge in [-0.2, -0.15) is 13.2 Å². The van der Waals surface area contributed by atoms with Gasteiger partial charge < -0.3 is 20.0 Å². The molecule has 0 aromatic heterocycles. The van der Waals surface area contributed by atoms with Crippen LogP contribution in [-0.2, 0) is 24.1 Å². The molecule has 2 aromatic rings. The fraction of sp³-hybridized carbons (Fsp3) is 0.429. The molecule has 1 aliphatic heterocycles. The number of nitrogens with zero attached hydrogens (tertiary/aromatic N) is 3. The molecule has 1 atom stereocenters. The summed E-state index contributed by atoms with van der Waals surface area (Å²) in [6, 6.07) is 8.35. The van der Waals surface area contributed by atoms with Crippen molar-refractivity contribution in [2.75, 3.05) is 19.0 Å². The van der Waals surface area contributed by atoms with Crippen molar-refractivity contribution in [1.29, 1.82) is 10.8 Å². The maximum Gasteiger partial charge on any atom is 0.416 e. The molecule has 0 bridgehead atoms. The van der Waals surface area contributed by atoms with Crippen LogP contribution in [0.25, 0.3) is 0 Å². The quantitative estimate of drug-likeness (QED) is 0.325. The second-order valence-electron chi connectivity index (χ2n) is 10.6. The van der Waals surface area contributed by atoms with Crippen LogP contribution >= 0.6 is 0 Å². The SMILES string of the molecule is CC(=O)N(C)[C@@H](C(=N)N(C)C=N)c1cccc(N2Cc3c(cc(CNC4(C)CCC4)cc3C(F)(F)F)C2=O)c1. The summed E-state index contributed by atoms with van der Waals surface area (Å²) in [5.74, 6) is -0.898. The lowest BCUT2D eigenvalue weighted by molar-refractivity contribution is -0.138. The van der Waals surface area contributed by atoms with E-state index in [1.165, 1.54) is 35.7 Å². The predicted octanol–water partition coefficient (Wildman–Crippen LogP) is 4.93. The molecule has 0 saturated heterocycles. The molecule has 2 amide bonds. The van der Waals surface area contributed by atoms with Crippen LogP contribution in [0, 0.1) is 10.8 Å². The lowest BCUT2D eigenvalue weighted by atomic mass is 9.78. The topological polar surface area (TPSA) is 104 Å². The minimum atomic E-state index is -4.62. The van der Waals surface area contributed by atoms with Crippen molar-refractivity contribution in [2.24, 2.45) is 0 Å². The van der Waals surface area contributed by atoms with E-state index in [-0.39, 0.29) is 41.5 Å². The molecule has 8 nitrogen and oxygen atoms in total. The Hall–Kier alpha value is -3.73. The number of nitrogens with one attached hydrogen (secondary N) is 3. The minimum Gasteiger partial charge on any atom is -0.332 e. The Morgan fingerprint density at radius 1 is 1.23 bits per heavy atom. The number of hydrogen-bond donors (Lipinski definition) is 3. The predicted molar refractivity (Wildman–Crippen MR) is 143 cm³/mol. The fourth-order valence-electron chi connectivity index (χ4n) is 5.10. The van der Waals surface area contributed by atoms with Crippen LogP contribution in [0.2, 0.25) is 0 Å². The summed E-state index contributed by atoms with van der Waals surface area (Å²) in [4.78, 5) is 29.6. The van der Waals surface area contributed by atoms with E-state index in [4.69, 9.17) is 10.8 Å². The number of halogens is 3. The van der Waals surface area contributed by atoms with E-state index in [0.717, 1.165) is 31.7 Å². The highest BCUT2D eigenvalue weighted by atomic mass is 19.4. The molecule has 1 saturated carbocycles. The molecule has 39 heavy (non-hydrogen) atoms. The molecule has 1 heterocycles. The summed E-state index contributed by atoms with van der Waals surface area (Å²) in [5.41, 5.74) is 0.301. The Labute approximate surface area is 225 Å². The summed E-state index contributed by atoms with van der Waals surface area (Å²) in [6.45, 7) is 3.39. The number of benzene rings is 2. The Balaban J connectivity index is 1.70. The molecule has 3 N–H and O–H groups in total. The number of carbonyl (C=O) groups excluding carboxylic acids is 2. The van der Waals surface area contributed by atoms with Crippen molar-refractivity contribution in [3.8, 4) is 0 Å². The van der Waals surface area contributed by atoms with E-state index in [0.29, 0.717) is 16.8 Å². The van der Waals surface area contributed by atoms with Crippen molar-refractivity contribution in [3.05, 3.63) is 64.2 Å². The van der Waals surface area contributed by atoms with Gasteiger partial charge in [-0.05, 0) is 67.1 Å². The van der Waals surface area contributed by atoms with Crippen LogP contribution in [0.4, 0.5) is 18.9 Å². The zero-order valence-corrected chi connectivity index (χ0v) is 22.4. The van der Waals surface area contributed by atoms with Gasteiger partial charge in [0.15, 0.2) is 0 Å². The van der Waals surface area contributed by atoms with Gasteiger partial charge in [0.1, 0.15) is 11.9 Å². The Morgan fingerprint density at radius 2 is 1.92 bits per heavy atom. The van der Waals surface area contributed by atoms with Crippen LogP contribution in [0.3, 0.4) is 0 Å². The first-order valence-electron chi connectivity index (χ1n) is 12.7.